The number of fused-ring (bicyclic) bond motifs is 1. The van der Waals surface area contributed by atoms with Crippen LogP contribution >= 0.6 is 0 Å². The fourth-order valence-electron chi connectivity index (χ4n) is 5.62. The van der Waals surface area contributed by atoms with Crippen molar-refractivity contribution < 1.29 is 23.2 Å². The highest BCUT2D eigenvalue weighted by Gasteiger charge is 2.31. The second-order valence-electron chi connectivity index (χ2n) is 10.8. The van der Waals surface area contributed by atoms with Gasteiger partial charge in [-0.05, 0) is 42.7 Å². The molecule has 1 N–H and O–H groups in total. The van der Waals surface area contributed by atoms with Gasteiger partial charge < -0.3 is 19.4 Å². The highest BCUT2D eigenvalue weighted by molar-refractivity contribution is 6.00. The number of β-amino-alcohol motifs (C(OH)–C–C–N with tert-alkyl or cyclic N) is 1. The molecule has 0 radical (unpaired) electrons. The molecule has 2 amide bonds. The van der Waals surface area contributed by atoms with E-state index < -0.39 is 11.6 Å². The number of aliphatic hydroxyl groups excluding tert-OH is 1. The van der Waals surface area contributed by atoms with Gasteiger partial charge in [0.15, 0.2) is 5.82 Å². The van der Waals surface area contributed by atoms with E-state index in [1.807, 2.05) is 13.8 Å². The molecule has 2 aliphatic heterocycles. The number of nitrogens with zero attached hydrogens (tertiary/aromatic N) is 7. The molecular formula is C29H31F2N7O3. The van der Waals surface area contributed by atoms with Crippen LogP contribution in [-0.4, -0.2) is 75.5 Å². The molecule has 214 valence electrons. The Morgan fingerprint density at radius 2 is 1.88 bits per heavy atom. The van der Waals surface area contributed by atoms with Gasteiger partial charge in [-0.15, -0.1) is 0 Å². The predicted molar refractivity (Wildman–Crippen MR) is 149 cm³/mol. The minimum absolute atomic E-state index is 0.139. The van der Waals surface area contributed by atoms with Crippen LogP contribution in [0.3, 0.4) is 0 Å². The summed E-state index contributed by atoms with van der Waals surface area (Å²) in [4.78, 5) is 31.1. The van der Waals surface area contributed by atoms with E-state index in [0.717, 1.165) is 18.7 Å². The Morgan fingerprint density at radius 1 is 1.07 bits per heavy atom. The average molecular weight is 564 g/mol. The summed E-state index contributed by atoms with van der Waals surface area (Å²) in [5.74, 6) is 1.23. The van der Waals surface area contributed by atoms with Crippen molar-refractivity contribution in [2.24, 2.45) is 0 Å². The summed E-state index contributed by atoms with van der Waals surface area (Å²) in [5, 5.41) is 13.9. The predicted octanol–water partition coefficient (Wildman–Crippen LogP) is 4.70. The van der Waals surface area contributed by atoms with Crippen molar-refractivity contribution in [1.29, 1.82) is 0 Å². The van der Waals surface area contributed by atoms with Crippen LogP contribution in [0.15, 0.2) is 41.2 Å². The first-order chi connectivity index (χ1) is 19.8. The molecule has 6 rings (SSSR count). The van der Waals surface area contributed by atoms with Crippen molar-refractivity contribution in [3.8, 4) is 11.1 Å². The van der Waals surface area contributed by atoms with Gasteiger partial charge in [-0.3, -0.25) is 4.90 Å². The second kappa shape index (κ2) is 11.0. The van der Waals surface area contributed by atoms with Crippen LogP contribution in [-0.2, 0) is 0 Å². The van der Waals surface area contributed by atoms with Crippen LogP contribution in [0.5, 0.6) is 0 Å². The van der Waals surface area contributed by atoms with Gasteiger partial charge in [0, 0.05) is 55.5 Å². The standard InChI is InChI=1S/C29H31F2N7O3/c1-17(2)28-34-26(35-41-28)18-5-7-36(8-6-18)27-22-15-20(30)14-21(25(22)32-16-33-27)19-3-4-24(23(31)13-19)38-10-9-37(11-12-39)29(38)40/h3-4,13-18,39H,5-12H2,1-2H3. The molecule has 0 spiro atoms. The van der Waals surface area contributed by atoms with E-state index in [9.17, 15) is 9.18 Å². The first-order valence-electron chi connectivity index (χ1n) is 13.8. The molecule has 4 heterocycles. The number of rotatable bonds is 7. The van der Waals surface area contributed by atoms with Crippen LogP contribution in [0.4, 0.5) is 25.1 Å². The summed E-state index contributed by atoms with van der Waals surface area (Å²) < 4.78 is 35.7. The van der Waals surface area contributed by atoms with E-state index >= 15 is 4.39 Å². The number of hydrogen-bond donors (Lipinski definition) is 1. The van der Waals surface area contributed by atoms with Crippen molar-refractivity contribution in [2.75, 3.05) is 49.1 Å². The summed E-state index contributed by atoms with van der Waals surface area (Å²) in [6, 6.07) is 6.89. The lowest BCUT2D eigenvalue weighted by Gasteiger charge is -2.32. The SMILES string of the molecule is CC(C)c1nc(C2CCN(c3ncnc4c(-c5ccc(N6CCN(CCO)C6=O)c(F)c5)cc(F)cc34)CC2)no1. The number of aromatic nitrogens is 4. The zero-order chi connectivity index (χ0) is 28.7. The maximum atomic E-state index is 15.4. The Hall–Kier alpha value is -4.19. The van der Waals surface area contributed by atoms with Crippen molar-refractivity contribution in [3.63, 3.8) is 0 Å². The molecule has 12 heteroatoms. The highest BCUT2D eigenvalue weighted by Crippen LogP contribution is 2.37. The fourth-order valence-corrected chi connectivity index (χ4v) is 5.62. The number of aliphatic hydroxyl groups is 1. The number of piperidine rings is 1. The Balaban J connectivity index is 1.27. The van der Waals surface area contributed by atoms with E-state index in [-0.39, 0.29) is 36.7 Å². The van der Waals surface area contributed by atoms with Gasteiger partial charge in [0.1, 0.15) is 23.8 Å². The lowest BCUT2D eigenvalue weighted by molar-refractivity contribution is 0.199. The Labute approximate surface area is 235 Å². The lowest BCUT2D eigenvalue weighted by Crippen LogP contribution is -2.34. The first kappa shape index (κ1) is 27.0. The number of anilines is 2. The van der Waals surface area contributed by atoms with Crippen molar-refractivity contribution in [2.45, 2.75) is 38.5 Å². The van der Waals surface area contributed by atoms with E-state index in [1.165, 1.54) is 40.4 Å². The molecule has 41 heavy (non-hydrogen) atoms. The minimum atomic E-state index is -0.599. The zero-order valence-corrected chi connectivity index (χ0v) is 22.9. The largest absolute Gasteiger partial charge is 0.395 e. The average Bonchev–Trinajstić information content (AvgIpc) is 3.60. The van der Waals surface area contributed by atoms with Gasteiger partial charge in [0.2, 0.25) is 5.89 Å². The normalized spacial score (nSPS) is 16.5. The van der Waals surface area contributed by atoms with Gasteiger partial charge in [-0.25, -0.2) is 23.5 Å². The fraction of sp³-hybridized carbons (Fsp3) is 0.414. The van der Waals surface area contributed by atoms with Crippen molar-refractivity contribution in [1.82, 2.24) is 25.0 Å². The third-order valence-electron chi connectivity index (χ3n) is 7.81. The summed E-state index contributed by atoms with van der Waals surface area (Å²) in [6.45, 7) is 6.13. The number of amides is 2. The summed E-state index contributed by atoms with van der Waals surface area (Å²) in [7, 11) is 0. The summed E-state index contributed by atoms with van der Waals surface area (Å²) in [5.41, 5.74) is 1.53. The second-order valence-corrected chi connectivity index (χ2v) is 10.8. The summed E-state index contributed by atoms with van der Waals surface area (Å²) >= 11 is 0. The van der Waals surface area contributed by atoms with Crippen LogP contribution in [0, 0.1) is 11.6 Å². The molecule has 0 bridgehead atoms. The molecule has 0 unspecified atom stereocenters. The van der Waals surface area contributed by atoms with Gasteiger partial charge >= 0.3 is 6.03 Å². The van der Waals surface area contributed by atoms with E-state index in [2.05, 4.69) is 25.0 Å². The van der Waals surface area contributed by atoms with Gasteiger partial charge in [0.05, 0.1) is 17.8 Å². The van der Waals surface area contributed by atoms with Gasteiger partial charge in [-0.1, -0.05) is 25.1 Å². The molecule has 10 nitrogen and oxygen atoms in total. The smallest absolute Gasteiger partial charge is 0.324 e. The van der Waals surface area contributed by atoms with E-state index in [0.29, 0.717) is 59.9 Å². The lowest BCUT2D eigenvalue weighted by atomic mass is 9.95. The first-order valence-corrected chi connectivity index (χ1v) is 13.8. The van der Waals surface area contributed by atoms with Crippen LogP contribution < -0.4 is 9.80 Å². The molecule has 2 saturated heterocycles. The number of halogens is 2. The molecule has 2 aliphatic rings. The third-order valence-corrected chi connectivity index (χ3v) is 7.81. The summed E-state index contributed by atoms with van der Waals surface area (Å²) in [6.07, 6.45) is 3.04. The number of benzene rings is 2. The number of carbonyl (C=O) groups excluding carboxylic acids is 1. The van der Waals surface area contributed by atoms with Gasteiger partial charge in [-0.2, -0.15) is 4.98 Å². The molecule has 0 atom stereocenters. The van der Waals surface area contributed by atoms with Crippen LogP contribution in [0.25, 0.3) is 22.0 Å². The van der Waals surface area contributed by atoms with E-state index in [1.54, 1.807) is 6.07 Å². The maximum absolute atomic E-state index is 15.4. The van der Waals surface area contributed by atoms with Crippen LogP contribution in [0.2, 0.25) is 0 Å². The Morgan fingerprint density at radius 3 is 2.59 bits per heavy atom. The highest BCUT2D eigenvalue weighted by atomic mass is 19.1. The number of carbonyl (C=O) groups is 1. The molecule has 2 aromatic heterocycles. The van der Waals surface area contributed by atoms with Gasteiger partial charge in [0.25, 0.3) is 0 Å². The topological polar surface area (TPSA) is 112 Å². The number of hydrogen-bond acceptors (Lipinski definition) is 8. The Bertz CT molecular complexity index is 1590. The van der Waals surface area contributed by atoms with Crippen molar-refractivity contribution in [3.05, 3.63) is 60.0 Å². The van der Waals surface area contributed by atoms with Crippen LogP contribution in [0.1, 0.15) is 50.2 Å². The number of urea groups is 1. The molecule has 2 aromatic carbocycles. The van der Waals surface area contributed by atoms with E-state index in [4.69, 9.17) is 9.63 Å². The minimum Gasteiger partial charge on any atom is -0.395 e. The maximum Gasteiger partial charge on any atom is 0.324 e. The molecule has 0 aliphatic carbocycles. The molecule has 0 saturated carbocycles. The molecule has 2 fully saturated rings. The Kier molecular flexibility index (Phi) is 7.24. The molecule has 4 aromatic rings. The quantitative estimate of drug-likeness (QED) is 0.345. The molecular weight excluding hydrogens is 532 g/mol. The van der Waals surface area contributed by atoms with Crippen molar-refractivity contribution >= 4 is 28.4 Å². The zero-order valence-electron chi connectivity index (χ0n) is 22.9. The monoisotopic (exact) mass is 563 g/mol. The third kappa shape index (κ3) is 5.08.